The molecule has 3 aromatic carbocycles. The highest BCUT2D eigenvalue weighted by atomic mass is 16.5. The number of rotatable bonds is 6. The number of aryl methyl sites for hydroxylation is 1. The monoisotopic (exact) mass is 458 g/mol. The van der Waals surface area contributed by atoms with Gasteiger partial charge in [-0.25, -0.2) is 4.79 Å². The van der Waals surface area contributed by atoms with Crippen LogP contribution in [-0.4, -0.2) is 50.1 Å². The fourth-order valence-corrected chi connectivity index (χ4v) is 4.07. The number of ether oxygens (including phenoxy) is 1. The second-order valence-corrected chi connectivity index (χ2v) is 8.39. The number of nitrogens with zero attached hydrogens (tertiary/aromatic N) is 2. The summed E-state index contributed by atoms with van der Waals surface area (Å²) < 4.78 is 5.18. The number of carbonyl (C=O) groups is 2. The zero-order valence-corrected chi connectivity index (χ0v) is 19.6. The van der Waals surface area contributed by atoms with Gasteiger partial charge in [-0.2, -0.15) is 0 Å². The van der Waals surface area contributed by atoms with E-state index in [0.29, 0.717) is 36.6 Å². The van der Waals surface area contributed by atoms with Crippen molar-refractivity contribution in [3.05, 3.63) is 83.9 Å². The third-order valence-corrected chi connectivity index (χ3v) is 5.89. The van der Waals surface area contributed by atoms with Crippen molar-refractivity contribution >= 4 is 29.0 Å². The summed E-state index contributed by atoms with van der Waals surface area (Å²) in [5.74, 6) is 0.853. The average molecular weight is 459 g/mol. The first-order valence-corrected chi connectivity index (χ1v) is 11.4. The molecule has 1 fully saturated rings. The van der Waals surface area contributed by atoms with E-state index in [1.165, 1.54) is 5.56 Å². The van der Waals surface area contributed by atoms with Gasteiger partial charge in [-0.1, -0.05) is 35.9 Å². The maximum atomic E-state index is 12.7. The van der Waals surface area contributed by atoms with Crippen molar-refractivity contribution in [3.63, 3.8) is 0 Å². The number of amides is 3. The van der Waals surface area contributed by atoms with Crippen molar-refractivity contribution < 1.29 is 14.3 Å². The summed E-state index contributed by atoms with van der Waals surface area (Å²) >= 11 is 0. The number of urea groups is 1. The molecule has 0 radical (unpaired) electrons. The molecule has 3 amide bonds. The molecule has 34 heavy (non-hydrogen) atoms. The summed E-state index contributed by atoms with van der Waals surface area (Å²) in [7, 11) is 1.59. The second-order valence-electron chi connectivity index (χ2n) is 8.39. The van der Waals surface area contributed by atoms with E-state index in [-0.39, 0.29) is 11.9 Å². The van der Waals surface area contributed by atoms with Gasteiger partial charge in [-0.05, 0) is 48.9 Å². The normalized spacial score (nSPS) is 13.4. The first-order valence-electron chi connectivity index (χ1n) is 11.4. The van der Waals surface area contributed by atoms with Gasteiger partial charge in [0.1, 0.15) is 5.75 Å². The van der Waals surface area contributed by atoms with Crippen LogP contribution in [0.4, 0.5) is 21.9 Å². The number of benzene rings is 3. The number of hydrogen-bond acceptors (Lipinski definition) is 4. The van der Waals surface area contributed by atoms with Crippen LogP contribution in [0.25, 0.3) is 0 Å². The highest BCUT2D eigenvalue weighted by molar-refractivity contribution is 5.99. The van der Waals surface area contributed by atoms with E-state index in [1.54, 1.807) is 19.2 Å². The lowest BCUT2D eigenvalue weighted by atomic mass is 10.1. The summed E-state index contributed by atoms with van der Waals surface area (Å²) in [4.78, 5) is 29.2. The first-order chi connectivity index (χ1) is 16.5. The number of methoxy groups -OCH3 is 1. The van der Waals surface area contributed by atoms with Crippen LogP contribution >= 0.6 is 0 Å². The smallest absolute Gasteiger partial charge is 0.323 e. The van der Waals surface area contributed by atoms with Crippen molar-refractivity contribution in [1.29, 1.82) is 0 Å². The van der Waals surface area contributed by atoms with E-state index in [2.05, 4.69) is 21.6 Å². The summed E-state index contributed by atoms with van der Waals surface area (Å²) in [5, 5.41) is 5.65. The Morgan fingerprint density at radius 2 is 1.56 bits per heavy atom. The Bertz CT molecular complexity index is 1140. The maximum absolute atomic E-state index is 12.7. The van der Waals surface area contributed by atoms with Gasteiger partial charge in [0.05, 0.1) is 13.5 Å². The summed E-state index contributed by atoms with van der Waals surface area (Å²) in [6, 6.07) is 22.8. The van der Waals surface area contributed by atoms with Gasteiger partial charge in [0.15, 0.2) is 0 Å². The Labute approximate surface area is 200 Å². The highest BCUT2D eigenvalue weighted by Crippen LogP contribution is 2.21. The lowest BCUT2D eigenvalue weighted by molar-refractivity contribution is -0.130. The minimum Gasteiger partial charge on any atom is -0.497 e. The molecule has 0 aromatic heterocycles. The molecule has 176 valence electrons. The van der Waals surface area contributed by atoms with Crippen LogP contribution in [-0.2, 0) is 11.2 Å². The molecule has 0 aliphatic carbocycles. The largest absolute Gasteiger partial charge is 0.497 e. The molecule has 0 saturated carbocycles. The topological polar surface area (TPSA) is 73.9 Å². The SMILES string of the molecule is COc1cccc(NC(=O)Nc2ccc(N3CCN(C(=O)Cc4cccc(C)c4)CC3)cc2)c1. The fraction of sp³-hybridized carbons (Fsp3) is 0.259. The van der Waals surface area contributed by atoms with E-state index >= 15 is 0 Å². The molecule has 1 aliphatic rings. The predicted octanol–water partition coefficient (Wildman–Crippen LogP) is 4.54. The summed E-state index contributed by atoms with van der Waals surface area (Å²) in [5.41, 5.74) is 4.67. The van der Waals surface area contributed by atoms with Crippen molar-refractivity contribution in [1.82, 2.24) is 4.90 Å². The van der Waals surface area contributed by atoms with Crippen molar-refractivity contribution in [2.45, 2.75) is 13.3 Å². The van der Waals surface area contributed by atoms with Crippen LogP contribution in [0.5, 0.6) is 5.75 Å². The highest BCUT2D eigenvalue weighted by Gasteiger charge is 2.21. The molecular weight excluding hydrogens is 428 g/mol. The predicted molar refractivity (Wildman–Crippen MR) is 136 cm³/mol. The minimum atomic E-state index is -0.318. The molecule has 3 aromatic rings. The fourth-order valence-electron chi connectivity index (χ4n) is 4.07. The molecule has 0 unspecified atom stereocenters. The molecule has 0 spiro atoms. The Morgan fingerprint density at radius 3 is 2.26 bits per heavy atom. The zero-order chi connectivity index (χ0) is 23.9. The van der Waals surface area contributed by atoms with Gasteiger partial charge >= 0.3 is 6.03 Å². The van der Waals surface area contributed by atoms with E-state index < -0.39 is 0 Å². The number of piperazine rings is 1. The molecule has 7 nitrogen and oxygen atoms in total. The molecular formula is C27H30N4O3. The maximum Gasteiger partial charge on any atom is 0.323 e. The van der Waals surface area contributed by atoms with E-state index in [4.69, 9.17) is 4.74 Å². The van der Waals surface area contributed by atoms with E-state index in [9.17, 15) is 9.59 Å². The average Bonchev–Trinajstić information content (AvgIpc) is 2.84. The quantitative estimate of drug-likeness (QED) is 0.569. The van der Waals surface area contributed by atoms with E-state index in [0.717, 1.165) is 24.3 Å². The summed E-state index contributed by atoms with van der Waals surface area (Å²) in [6.45, 7) is 5.01. The van der Waals surface area contributed by atoms with Gasteiger partial charge < -0.3 is 25.2 Å². The zero-order valence-electron chi connectivity index (χ0n) is 19.6. The number of hydrogen-bond donors (Lipinski definition) is 2. The number of carbonyl (C=O) groups excluding carboxylic acids is 2. The van der Waals surface area contributed by atoms with Gasteiger partial charge in [-0.15, -0.1) is 0 Å². The minimum absolute atomic E-state index is 0.173. The molecule has 1 saturated heterocycles. The van der Waals surface area contributed by atoms with Gasteiger partial charge in [-0.3, -0.25) is 4.79 Å². The molecule has 0 bridgehead atoms. The molecule has 0 atom stereocenters. The first kappa shape index (κ1) is 23.2. The Kier molecular flexibility index (Phi) is 7.32. The third kappa shape index (κ3) is 6.07. The lowest BCUT2D eigenvalue weighted by Gasteiger charge is -2.36. The van der Waals surface area contributed by atoms with Crippen LogP contribution in [0, 0.1) is 6.92 Å². The molecule has 1 heterocycles. The van der Waals surface area contributed by atoms with Crippen LogP contribution in [0.3, 0.4) is 0 Å². The van der Waals surface area contributed by atoms with Crippen molar-refractivity contribution in [3.8, 4) is 5.75 Å². The van der Waals surface area contributed by atoms with Crippen LogP contribution in [0.1, 0.15) is 11.1 Å². The molecule has 7 heteroatoms. The summed E-state index contributed by atoms with van der Waals surface area (Å²) in [6.07, 6.45) is 0.444. The molecule has 1 aliphatic heterocycles. The Balaban J connectivity index is 1.26. The van der Waals surface area contributed by atoms with Crippen LogP contribution < -0.4 is 20.3 Å². The Morgan fingerprint density at radius 1 is 0.853 bits per heavy atom. The van der Waals surface area contributed by atoms with Gasteiger partial charge in [0, 0.05) is 49.3 Å². The standard InChI is InChI=1S/C27H30N4O3/c1-20-5-3-6-21(17-20)18-26(32)31-15-13-30(14-16-31)24-11-9-22(10-12-24)28-27(33)29-23-7-4-8-25(19-23)34-2/h3-12,17,19H,13-16,18H2,1-2H3,(H2,28,29,33). The van der Waals surface area contributed by atoms with E-state index in [1.807, 2.05) is 66.4 Å². The van der Waals surface area contributed by atoms with Gasteiger partial charge in [0.25, 0.3) is 0 Å². The molecule has 4 rings (SSSR count). The third-order valence-electron chi connectivity index (χ3n) is 5.89. The number of nitrogens with one attached hydrogen (secondary N) is 2. The van der Waals surface area contributed by atoms with Crippen molar-refractivity contribution in [2.75, 3.05) is 48.8 Å². The Hall–Kier alpha value is -4.00. The van der Waals surface area contributed by atoms with Crippen LogP contribution in [0.15, 0.2) is 72.8 Å². The lowest BCUT2D eigenvalue weighted by Crippen LogP contribution is -2.49. The van der Waals surface area contributed by atoms with Crippen LogP contribution in [0.2, 0.25) is 0 Å². The number of anilines is 3. The molecule has 2 N–H and O–H groups in total. The second kappa shape index (κ2) is 10.7. The van der Waals surface area contributed by atoms with Gasteiger partial charge in [0.2, 0.25) is 5.91 Å². The van der Waals surface area contributed by atoms with Crippen molar-refractivity contribution in [2.24, 2.45) is 0 Å².